The summed E-state index contributed by atoms with van der Waals surface area (Å²) in [6, 6.07) is 7.44. The third-order valence-corrected chi connectivity index (χ3v) is 5.06. The molecule has 7 nitrogen and oxygen atoms in total. The van der Waals surface area contributed by atoms with Gasteiger partial charge in [-0.05, 0) is 30.3 Å². The number of carbonyl (C=O) groups excluding carboxylic acids is 1. The Kier molecular flexibility index (Phi) is 5.07. The zero-order valence-corrected chi connectivity index (χ0v) is 13.8. The van der Waals surface area contributed by atoms with Crippen LogP contribution in [0.5, 0.6) is 5.75 Å². The molecule has 2 rings (SSSR count). The number of ether oxygens (including phenoxy) is 2. The second kappa shape index (κ2) is 6.84. The average molecular weight is 339 g/mol. The minimum absolute atomic E-state index is 0.0565. The molecule has 2 aromatic rings. The van der Waals surface area contributed by atoms with Crippen LogP contribution in [0.1, 0.15) is 16.1 Å². The molecule has 0 fully saturated rings. The standard InChI is InChI=1S/C15H17NO6S/c1-16(10-12-5-4-8-22-12)23(18,19)14-9-11(15(17)21-3)6-7-13(14)20-2/h4-9H,10H2,1-3H3. The molecule has 0 bridgehead atoms. The predicted molar refractivity (Wildman–Crippen MR) is 81.7 cm³/mol. The fraction of sp³-hybridized carbons (Fsp3) is 0.267. The molecular weight excluding hydrogens is 322 g/mol. The Balaban J connectivity index is 2.42. The van der Waals surface area contributed by atoms with E-state index in [-0.39, 0.29) is 22.8 Å². The molecule has 0 aliphatic carbocycles. The molecule has 1 aromatic heterocycles. The Morgan fingerprint density at radius 1 is 1.26 bits per heavy atom. The van der Waals surface area contributed by atoms with E-state index in [1.54, 1.807) is 12.1 Å². The van der Waals surface area contributed by atoms with Crippen LogP contribution in [0.2, 0.25) is 0 Å². The molecule has 0 aliphatic rings. The molecule has 8 heteroatoms. The van der Waals surface area contributed by atoms with Gasteiger partial charge >= 0.3 is 5.97 Å². The topological polar surface area (TPSA) is 86.0 Å². The zero-order valence-electron chi connectivity index (χ0n) is 13.0. The number of sulfonamides is 1. The van der Waals surface area contributed by atoms with E-state index in [1.165, 1.54) is 45.7 Å². The third kappa shape index (κ3) is 3.54. The smallest absolute Gasteiger partial charge is 0.337 e. The Bertz CT molecular complexity index is 782. The van der Waals surface area contributed by atoms with E-state index in [9.17, 15) is 13.2 Å². The summed E-state index contributed by atoms with van der Waals surface area (Å²) in [5.41, 5.74) is 0.123. The molecule has 0 N–H and O–H groups in total. The summed E-state index contributed by atoms with van der Waals surface area (Å²) in [5.74, 6) is 0.0147. The number of hydrogen-bond acceptors (Lipinski definition) is 6. The van der Waals surface area contributed by atoms with Crippen molar-refractivity contribution in [2.24, 2.45) is 0 Å². The monoisotopic (exact) mass is 339 g/mol. The molecule has 23 heavy (non-hydrogen) atoms. The highest BCUT2D eigenvalue weighted by atomic mass is 32.2. The van der Waals surface area contributed by atoms with E-state index >= 15 is 0 Å². The van der Waals surface area contributed by atoms with Crippen molar-refractivity contribution >= 4 is 16.0 Å². The van der Waals surface area contributed by atoms with Crippen molar-refractivity contribution in [3.8, 4) is 5.75 Å². The second-order valence-electron chi connectivity index (χ2n) is 4.70. The summed E-state index contributed by atoms with van der Waals surface area (Å²) in [6.45, 7) is 0.0565. The maximum Gasteiger partial charge on any atom is 0.337 e. The first kappa shape index (κ1) is 17.0. The molecule has 0 spiro atoms. The van der Waals surface area contributed by atoms with Crippen LogP contribution < -0.4 is 4.74 Å². The Hall–Kier alpha value is -2.32. The molecule has 1 aromatic carbocycles. The first-order chi connectivity index (χ1) is 10.9. The lowest BCUT2D eigenvalue weighted by molar-refractivity contribution is 0.0600. The van der Waals surface area contributed by atoms with E-state index in [1.807, 2.05) is 0 Å². The van der Waals surface area contributed by atoms with Crippen molar-refractivity contribution in [3.63, 3.8) is 0 Å². The Morgan fingerprint density at radius 3 is 2.57 bits per heavy atom. The van der Waals surface area contributed by atoms with Crippen LogP contribution in [0, 0.1) is 0 Å². The molecule has 0 radical (unpaired) electrons. The van der Waals surface area contributed by atoms with Gasteiger partial charge in [0.05, 0.1) is 32.6 Å². The van der Waals surface area contributed by atoms with Crippen molar-refractivity contribution in [1.82, 2.24) is 4.31 Å². The van der Waals surface area contributed by atoms with Crippen molar-refractivity contribution in [1.29, 1.82) is 0 Å². The van der Waals surface area contributed by atoms with Crippen molar-refractivity contribution in [3.05, 3.63) is 47.9 Å². The second-order valence-corrected chi connectivity index (χ2v) is 6.71. The van der Waals surface area contributed by atoms with Crippen molar-refractivity contribution < 1.29 is 27.1 Å². The number of carbonyl (C=O) groups is 1. The summed E-state index contributed by atoms with van der Waals surface area (Å²) >= 11 is 0. The molecular formula is C15H17NO6S. The molecule has 0 aliphatic heterocycles. The first-order valence-electron chi connectivity index (χ1n) is 6.65. The average Bonchev–Trinajstić information content (AvgIpc) is 3.06. The highest BCUT2D eigenvalue weighted by Gasteiger charge is 2.27. The lowest BCUT2D eigenvalue weighted by Crippen LogP contribution is -2.27. The largest absolute Gasteiger partial charge is 0.495 e. The van der Waals surface area contributed by atoms with Gasteiger partial charge in [-0.3, -0.25) is 0 Å². The van der Waals surface area contributed by atoms with Gasteiger partial charge in [0.1, 0.15) is 16.4 Å². The SMILES string of the molecule is COC(=O)c1ccc(OC)c(S(=O)(=O)N(C)Cc2ccco2)c1. The van der Waals surface area contributed by atoms with Gasteiger partial charge < -0.3 is 13.9 Å². The summed E-state index contributed by atoms with van der Waals surface area (Å²) < 4.78 is 41.5. The van der Waals surface area contributed by atoms with Crippen LogP contribution in [0.4, 0.5) is 0 Å². The quantitative estimate of drug-likeness (QED) is 0.747. The van der Waals surface area contributed by atoms with Crippen molar-refractivity contribution in [2.45, 2.75) is 11.4 Å². The highest BCUT2D eigenvalue weighted by molar-refractivity contribution is 7.89. The van der Waals surface area contributed by atoms with Crippen LogP contribution >= 0.6 is 0 Å². The summed E-state index contributed by atoms with van der Waals surface area (Å²) in [7, 11) is 0.123. The maximum absolute atomic E-state index is 12.8. The fourth-order valence-corrected chi connectivity index (χ4v) is 3.31. The van der Waals surface area contributed by atoms with Gasteiger partial charge in [-0.15, -0.1) is 0 Å². The lowest BCUT2D eigenvalue weighted by atomic mass is 10.2. The molecule has 0 saturated carbocycles. The normalized spacial score (nSPS) is 11.5. The Labute approximate surface area is 134 Å². The maximum atomic E-state index is 12.8. The van der Waals surface area contributed by atoms with Crippen LogP contribution in [0.15, 0.2) is 45.9 Å². The summed E-state index contributed by atoms with van der Waals surface area (Å²) in [4.78, 5) is 11.5. The van der Waals surface area contributed by atoms with E-state index in [0.717, 1.165) is 4.31 Å². The minimum Gasteiger partial charge on any atom is -0.495 e. The molecule has 0 atom stereocenters. The van der Waals surface area contributed by atoms with E-state index in [2.05, 4.69) is 4.74 Å². The minimum atomic E-state index is -3.88. The van der Waals surface area contributed by atoms with Crippen LogP contribution in [-0.4, -0.2) is 40.0 Å². The number of hydrogen-bond donors (Lipinski definition) is 0. The fourth-order valence-electron chi connectivity index (χ4n) is 2.00. The van der Waals surface area contributed by atoms with E-state index < -0.39 is 16.0 Å². The van der Waals surface area contributed by atoms with Gasteiger partial charge in [0.2, 0.25) is 10.0 Å². The molecule has 0 unspecified atom stereocenters. The van der Waals surface area contributed by atoms with E-state index in [0.29, 0.717) is 5.76 Å². The summed E-state index contributed by atoms with van der Waals surface area (Å²) in [6.07, 6.45) is 1.47. The molecule has 1 heterocycles. The number of esters is 1. The number of nitrogens with zero attached hydrogens (tertiary/aromatic N) is 1. The predicted octanol–water partition coefficient (Wildman–Crippen LogP) is 1.90. The van der Waals surface area contributed by atoms with E-state index in [4.69, 9.17) is 9.15 Å². The van der Waals surface area contributed by atoms with Crippen LogP contribution in [-0.2, 0) is 21.3 Å². The number of methoxy groups -OCH3 is 2. The van der Waals surface area contributed by atoms with Gasteiger partial charge in [-0.25, -0.2) is 13.2 Å². The molecule has 0 saturated heterocycles. The van der Waals surface area contributed by atoms with Crippen LogP contribution in [0.3, 0.4) is 0 Å². The zero-order chi connectivity index (χ0) is 17.0. The Morgan fingerprint density at radius 2 is 2.00 bits per heavy atom. The van der Waals surface area contributed by atoms with Gasteiger partial charge in [0.25, 0.3) is 0 Å². The number of furan rings is 1. The third-order valence-electron chi connectivity index (χ3n) is 3.23. The lowest BCUT2D eigenvalue weighted by Gasteiger charge is -2.18. The molecule has 0 amide bonds. The molecule has 124 valence electrons. The van der Waals surface area contributed by atoms with Gasteiger partial charge in [-0.2, -0.15) is 4.31 Å². The number of benzene rings is 1. The van der Waals surface area contributed by atoms with Gasteiger partial charge in [0.15, 0.2) is 0 Å². The summed E-state index contributed by atoms with van der Waals surface area (Å²) in [5, 5.41) is 0. The van der Waals surface area contributed by atoms with Gasteiger partial charge in [0, 0.05) is 7.05 Å². The van der Waals surface area contributed by atoms with Crippen LogP contribution in [0.25, 0.3) is 0 Å². The first-order valence-corrected chi connectivity index (χ1v) is 8.09. The van der Waals surface area contributed by atoms with Gasteiger partial charge in [-0.1, -0.05) is 0 Å². The van der Waals surface area contributed by atoms with Crippen molar-refractivity contribution in [2.75, 3.05) is 21.3 Å². The highest BCUT2D eigenvalue weighted by Crippen LogP contribution is 2.28. The number of rotatable bonds is 6.